The molecule has 18 heavy (non-hydrogen) atoms. The Morgan fingerprint density at radius 2 is 2.11 bits per heavy atom. The van der Waals surface area contributed by atoms with Crippen molar-refractivity contribution < 1.29 is 9.84 Å². The molecule has 0 spiro atoms. The second-order valence-electron chi connectivity index (χ2n) is 4.14. The Bertz CT molecular complexity index is 579. The first-order valence-electron chi connectivity index (χ1n) is 5.60. The third-order valence-electron chi connectivity index (χ3n) is 2.85. The minimum Gasteiger partial charge on any atom is -0.453 e. The molecule has 0 saturated heterocycles. The van der Waals surface area contributed by atoms with Gasteiger partial charge in [-0.15, -0.1) is 0 Å². The number of rotatable bonds is 3. The maximum Gasteiger partial charge on any atom is 0.171 e. The third kappa shape index (κ3) is 2.42. The molecule has 5 heteroatoms. The van der Waals surface area contributed by atoms with E-state index < -0.39 is 0 Å². The van der Waals surface area contributed by atoms with Crippen LogP contribution in [-0.2, 0) is 13.7 Å². The SMILES string of the molecule is Cc1nn(C)c(C)c1Oc1cc(Br)ccc1CO. The molecule has 1 heterocycles. The van der Waals surface area contributed by atoms with E-state index in [2.05, 4.69) is 21.0 Å². The first kappa shape index (κ1) is 13.1. The zero-order valence-corrected chi connectivity index (χ0v) is 12.2. The molecular formula is C13H15BrN2O2. The lowest BCUT2D eigenvalue weighted by Gasteiger charge is -2.10. The monoisotopic (exact) mass is 310 g/mol. The molecule has 1 N–H and O–H groups in total. The highest BCUT2D eigenvalue weighted by Crippen LogP contribution is 2.32. The lowest BCUT2D eigenvalue weighted by molar-refractivity contribution is 0.276. The zero-order chi connectivity index (χ0) is 13.3. The molecule has 0 fully saturated rings. The Labute approximate surface area is 114 Å². The zero-order valence-electron chi connectivity index (χ0n) is 10.6. The summed E-state index contributed by atoms with van der Waals surface area (Å²) < 4.78 is 8.58. The molecule has 96 valence electrons. The van der Waals surface area contributed by atoms with Gasteiger partial charge in [0.15, 0.2) is 5.75 Å². The van der Waals surface area contributed by atoms with Gasteiger partial charge < -0.3 is 9.84 Å². The van der Waals surface area contributed by atoms with Crippen molar-refractivity contribution in [2.45, 2.75) is 20.5 Å². The van der Waals surface area contributed by atoms with Crippen LogP contribution in [0.15, 0.2) is 22.7 Å². The highest BCUT2D eigenvalue weighted by Gasteiger charge is 2.13. The van der Waals surface area contributed by atoms with Gasteiger partial charge in [-0.3, -0.25) is 4.68 Å². The Kier molecular flexibility index (Phi) is 3.73. The van der Waals surface area contributed by atoms with E-state index in [1.807, 2.05) is 39.1 Å². The number of aryl methyl sites for hydroxylation is 2. The summed E-state index contributed by atoms with van der Waals surface area (Å²) in [4.78, 5) is 0. The summed E-state index contributed by atoms with van der Waals surface area (Å²) in [6.45, 7) is 3.80. The number of benzene rings is 1. The molecule has 2 rings (SSSR count). The Morgan fingerprint density at radius 1 is 1.39 bits per heavy atom. The molecule has 0 saturated carbocycles. The van der Waals surface area contributed by atoms with Crippen LogP contribution in [0.1, 0.15) is 17.0 Å². The lowest BCUT2D eigenvalue weighted by atomic mass is 10.2. The molecule has 0 aliphatic heterocycles. The quantitative estimate of drug-likeness (QED) is 0.947. The smallest absolute Gasteiger partial charge is 0.171 e. The van der Waals surface area contributed by atoms with Crippen molar-refractivity contribution >= 4 is 15.9 Å². The van der Waals surface area contributed by atoms with Crippen LogP contribution in [0.25, 0.3) is 0 Å². The summed E-state index contributed by atoms with van der Waals surface area (Å²) in [6.07, 6.45) is 0. The Balaban J connectivity index is 2.42. The number of nitrogens with zero attached hydrogens (tertiary/aromatic N) is 2. The number of halogens is 1. The van der Waals surface area contributed by atoms with Crippen molar-refractivity contribution in [2.24, 2.45) is 7.05 Å². The molecule has 1 aromatic carbocycles. The van der Waals surface area contributed by atoms with Gasteiger partial charge >= 0.3 is 0 Å². The van der Waals surface area contributed by atoms with Gasteiger partial charge in [0, 0.05) is 17.1 Å². The van der Waals surface area contributed by atoms with E-state index in [1.165, 1.54) is 0 Å². The second-order valence-corrected chi connectivity index (χ2v) is 5.05. The summed E-state index contributed by atoms with van der Waals surface area (Å²) in [6, 6.07) is 5.55. The first-order chi connectivity index (χ1) is 8.52. The van der Waals surface area contributed by atoms with Gasteiger partial charge in [-0.05, 0) is 26.0 Å². The average Bonchev–Trinajstić information content (AvgIpc) is 2.56. The van der Waals surface area contributed by atoms with E-state index in [4.69, 9.17) is 4.74 Å². The minimum absolute atomic E-state index is 0.0546. The normalized spacial score (nSPS) is 10.7. The maximum absolute atomic E-state index is 9.32. The molecule has 0 unspecified atom stereocenters. The maximum atomic E-state index is 9.32. The van der Waals surface area contributed by atoms with E-state index in [0.29, 0.717) is 5.75 Å². The van der Waals surface area contributed by atoms with Crippen LogP contribution >= 0.6 is 15.9 Å². The van der Waals surface area contributed by atoms with Crippen LogP contribution in [0.3, 0.4) is 0 Å². The van der Waals surface area contributed by atoms with Gasteiger partial charge in [0.05, 0.1) is 12.3 Å². The lowest BCUT2D eigenvalue weighted by Crippen LogP contribution is -1.95. The number of ether oxygens (including phenoxy) is 1. The fraction of sp³-hybridized carbons (Fsp3) is 0.308. The first-order valence-corrected chi connectivity index (χ1v) is 6.39. The highest BCUT2D eigenvalue weighted by atomic mass is 79.9. The van der Waals surface area contributed by atoms with Gasteiger partial charge in [-0.25, -0.2) is 0 Å². The van der Waals surface area contributed by atoms with Crippen LogP contribution < -0.4 is 4.74 Å². The van der Waals surface area contributed by atoms with Crippen molar-refractivity contribution in [1.82, 2.24) is 9.78 Å². The van der Waals surface area contributed by atoms with Gasteiger partial charge in [-0.2, -0.15) is 5.10 Å². The van der Waals surface area contributed by atoms with Crippen LogP contribution in [0.5, 0.6) is 11.5 Å². The fourth-order valence-electron chi connectivity index (χ4n) is 1.77. The number of aromatic nitrogens is 2. The van der Waals surface area contributed by atoms with Crippen molar-refractivity contribution in [3.8, 4) is 11.5 Å². The van der Waals surface area contributed by atoms with Crippen molar-refractivity contribution in [3.05, 3.63) is 39.6 Å². The number of aliphatic hydroxyl groups excluding tert-OH is 1. The number of hydrogen-bond donors (Lipinski definition) is 1. The highest BCUT2D eigenvalue weighted by molar-refractivity contribution is 9.10. The second kappa shape index (κ2) is 5.12. The van der Waals surface area contributed by atoms with Crippen molar-refractivity contribution in [2.75, 3.05) is 0 Å². The van der Waals surface area contributed by atoms with Crippen molar-refractivity contribution in [1.29, 1.82) is 0 Å². The predicted molar refractivity (Wildman–Crippen MR) is 72.8 cm³/mol. The number of aliphatic hydroxyl groups is 1. The van der Waals surface area contributed by atoms with Crippen LogP contribution in [0.2, 0.25) is 0 Å². The van der Waals surface area contributed by atoms with E-state index in [1.54, 1.807) is 4.68 Å². The number of hydrogen-bond acceptors (Lipinski definition) is 3. The van der Waals surface area contributed by atoms with Crippen molar-refractivity contribution in [3.63, 3.8) is 0 Å². The van der Waals surface area contributed by atoms with Gasteiger partial charge in [-0.1, -0.05) is 22.0 Å². The molecule has 0 atom stereocenters. The predicted octanol–water partition coefficient (Wildman–Crippen LogP) is 3.08. The van der Waals surface area contributed by atoms with Crippen LogP contribution in [0.4, 0.5) is 0 Å². The standard InChI is InChI=1S/C13H15BrN2O2/c1-8-13(9(2)16(3)15-8)18-12-6-11(14)5-4-10(12)7-17/h4-6,17H,7H2,1-3H3. The average molecular weight is 311 g/mol. The third-order valence-corrected chi connectivity index (χ3v) is 3.35. The topological polar surface area (TPSA) is 47.3 Å². The summed E-state index contributed by atoms with van der Waals surface area (Å²) in [5.74, 6) is 1.39. The fourth-order valence-corrected chi connectivity index (χ4v) is 2.11. The summed E-state index contributed by atoms with van der Waals surface area (Å²) >= 11 is 3.40. The molecule has 0 aliphatic carbocycles. The van der Waals surface area contributed by atoms with Crippen LogP contribution in [-0.4, -0.2) is 14.9 Å². The summed E-state index contributed by atoms with van der Waals surface area (Å²) in [5, 5.41) is 13.6. The van der Waals surface area contributed by atoms with Gasteiger partial charge in [0.2, 0.25) is 0 Å². The largest absolute Gasteiger partial charge is 0.453 e. The van der Waals surface area contributed by atoms with Gasteiger partial charge in [0.25, 0.3) is 0 Å². The van der Waals surface area contributed by atoms with Gasteiger partial charge in [0.1, 0.15) is 11.4 Å². The van der Waals surface area contributed by atoms with E-state index in [-0.39, 0.29) is 6.61 Å². The summed E-state index contributed by atoms with van der Waals surface area (Å²) in [5.41, 5.74) is 2.54. The molecule has 0 aliphatic rings. The molecule has 0 amide bonds. The van der Waals surface area contributed by atoms with E-state index >= 15 is 0 Å². The minimum atomic E-state index is -0.0546. The Hall–Kier alpha value is -1.33. The van der Waals surface area contributed by atoms with E-state index in [0.717, 1.165) is 27.2 Å². The Morgan fingerprint density at radius 3 is 2.67 bits per heavy atom. The van der Waals surface area contributed by atoms with E-state index in [9.17, 15) is 5.11 Å². The molecular weight excluding hydrogens is 296 g/mol. The molecule has 1 aromatic heterocycles. The molecule has 4 nitrogen and oxygen atoms in total. The molecule has 0 bridgehead atoms. The molecule has 0 radical (unpaired) electrons. The summed E-state index contributed by atoms with van der Waals surface area (Å²) in [7, 11) is 1.88. The molecule has 2 aromatic rings. The van der Waals surface area contributed by atoms with Crippen LogP contribution in [0, 0.1) is 13.8 Å².